The topological polar surface area (TPSA) is 75.6 Å². The van der Waals surface area contributed by atoms with Crippen molar-refractivity contribution in [1.82, 2.24) is 5.32 Å². The number of nitrogens with one attached hydrogen (secondary N) is 1. The first kappa shape index (κ1) is 16.2. The Kier molecular flexibility index (Phi) is 7.54. The van der Waals surface area contributed by atoms with Crippen molar-refractivity contribution in [2.45, 2.75) is 19.4 Å². The molecular formula is C12H16ClNO4. The second-order valence-corrected chi connectivity index (χ2v) is 3.45. The lowest BCUT2D eigenvalue weighted by molar-refractivity contribution is -0.139. The van der Waals surface area contributed by atoms with Gasteiger partial charge in [-0.15, -0.1) is 12.4 Å². The zero-order valence-corrected chi connectivity index (χ0v) is 10.8. The number of carbonyl (C=O) groups excluding carboxylic acids is 1. The molecule has 1 atom stereocenters. The molecule has 0 aliphatic carbocycles. The maximum Gasteiger partial charge on any atom is 0.407 e. The van der Waals surface area contributed by atoms with Crippen LogP contribution in [0.2, 0.25) is 0 Å². The number of ether oxygens (including phenoxy) is 1. The van der Waals surface area contributed by atoms with Gasteiger partial charge in [0.25, 0.3) is 0 Å². The Morgan fingerprint density at radius 2 is 1.94 bits per heavy atom. The predicted molar refractivity (Wildman–Crippen MR) is 69.0 cm³/mol. The first-order chi connectivity index (χ1) is 8.13. The van der Waals surface area contributed by atoms with Crippen molar-refractivity contribution in [3.63, 3.8) is 0 Å². The van der Waals surface area contributed by atoms with Crippen LogP contribution in [0, 0.1) is 0 Å². The molecular weight excluding hydrogens is 258 g/mol. The minimum atomic E-state index is -1.08. The maximum atomic E-state index is 11.2. The van der Waals surface area contributed by atoms with Crippen molar-refractivity contribution in [3.05, 3.63) is 35.9 Å². The van der Waals surface area contributed by atoms with E-state index in [-0.39, 0.29) is 25.4 Å². The Balaban J connectivity index is 0.00000289. The fourth-order valence-electron chi connectivity index (χ4n) is 1.36. The molecule has 100 valence electrons. The van der Waals surface area contributed by atoms with Crippen LogP contribution in [0.25, 0.3) is 0 Å². The number of hydrogen-bond acceptors (Lipinski definition) is 3. The Bertz CT molecular complexity index is 383. The molecule has 0 fully saturated rings. The molecule has 0 radical (unpaired) electrons. The molecule has 1 amide bonds. The van der Waals surface area contributed by atoms with Gasteiger partial charge >= 0.3 is 12.1 Å². The van der Waals surface area contributed by atoms with E-state index in [2.05, 4.69) is 10.1 Å². The summed E-state index contributed by atoms with van der Waals surface area (Å²) < 4.78 is 4.65. The van der Waals surface area contributed by atoms with Crippen molar-refractivity contribution >= 4 is 24.5 Å². The molecule has 18 heavy (non-hydrogen) atoms. The quantitative estimate of drug-likeness (QED) is 0.858. The van der Waals surface area contributed by atoms with Gasteiger partial charge in [-0.1, -0.05) is 30.3 Å². The number of halogens is 1. The van der Waals surface area contributed by atoms with Crippen LogP contribution in [0.4, 0.5) is 4.79 Å². The van der Waals surface area contributed by atoms with Gasteiger partial charge in [0.15, 0.2) is 0 Å². The van der Waals surface area contributed by atoms with E-state index in [1.807, 2.05) is 30.3 Å². The highest BCUT2D eigenvalue weighted by Crippen LogP contribution is 2.03. The molecule has 1 aromatic rings. The van der Waals surface area contributed by atoms with E-state index in [1.165, 1.54) is 0 Å². The number of carbonyl (C=O) groups is 2. The van der Waals surface area contributed by atoms with Crippen LogP contribution in [0.1, 0.15) is 12.5 Å². The third-order valence-electron chi connectivity index (χ3n) is 2.15. The van der Waals surface area contributed by atoms with Gasteiger partial charge in [-0.3, -0.25) is 0 Å². The third-order valence-corrected chi connectivity index (χ3v) is 2.15. The Morgan fingerprint density at radius 1 is 1.33 bits per heavy atom. The van der Waals surface area contributed by atoms with Gasteiger partial charge in [-0.2, -0.15) is 0 Å². The molecule has 2 N–H and O–H groups in total. The van der Waals surface area contributed by atoms with Crippen molar-refractivity contribution < 1.29 is 19.4 Å². The van der Waals surface area contributed by atoms with Crippen LogP contribution < -0.4 is 5.32 Å². The van der Waals surface area contributed by atoms with Gasteiger partial charge in [-0.25, -0.2) is 9.59 Å². The summed E-state index contributed by atoms with van der Waals surface area (Å²) in [5.41, 5.74) is 0.844. The molecule has 1 rings (SSSR count). The zero-order chi connectivity index (χ0) is 12.7. The van der Waals surface area contributed by atoms with Gasteiger partial charge < -0.3 is 15.2 Å². The highest BCUT2D eigenvalue weighted by atomic mass is 35.5. The summed E-state index contributed by atoms with van der Waals surface area (Å²) in [7, 11) is 0. The van der Waals surface area contributed by atoms with E-state index in [4.69, 9.17) is 5.11 Å². The van der Waals surface area contributed by atoms with Crippen LogP contribution in [0.15, 0.2) is 30.3 Å². The largest absolute Gasteiger partial charge is 0.480 e. The molecule has 6 heteroatoms. The molecule has 5 nitrogen and oxygen atoms in total. The molecule has 0 heterocycles. The standard InChI is InChI=1S/C12H15NO4.ClH/c1-2-17-12(16)13-10(11(14)15)8-9-6-4-3-5-7-9;/h3-7,10H,2,8H2,1H3,(H,13,16)(H,14,15);1H/t10-;/m1./s1. The highest BCUT2D eigenvalue weighted by Gasteiger charge is 2.20. The number of benzene rings is 1. The van der Waals surface area contributed by atoms with Crippen LogP contribution in [0.5, 0.6) is 0 Å². The van der Waals surface area contributed by atoms with Gasteiger partial charge in [0.2, 0.25) is 0 Å². The summed E-state index contributed by atoms with van der Waals surface area (Å²) in [5, 5.41) is 11.3. The average Bonchev–Trinajstić information content (AvgIpc) is 2.29. The lowest BCUT2D eigenvalue weighted by Gasteiger charge is -2.14. The first-order valence-corrected chi connectivity index (χ1v) is 5.33. The number of amides is 1. The van der Waals surface area contributed by atoms with Gasteiger partial charge in [0.1, 0.15) is 6.04 Å². The number of carboxylic acid groups (broad SMARTS) is 1. The molecule has 0 saturated heterocycles. The minimum absolute atomic E-state index is 0. The number of rotatable bonds is 5. The summed E-state index contributed by atoms with van der Waals surface area (Å²) in [6, 6.07) is 8.12. The molecule has 0 bridgehead atoms. The second-order valence-electron chi connectivity index (χ2n) is 3.45. The summed E-state index contributed by atoms with van der Waals surface area (Å²) >= 11 is 0. The lowest BCUT2D eigenvalue weighted by atomic mass is 10.1. The molecule has 0 aliphatic heterocycles. The third kappa shape index (κ3) is 5.54. The van der Waals surface area contributed by atoms with Crippen molar-refractivity contribution in [3.8, 4) is 0 Å². The molecule has 0 saturated carbocycles. The number of hydrogen-bond donors (Lipinski definition) is 2. The molecule has 1 aromatic carbocycles. The van der Waals surface area contributed by atoms with E-state index >= 15 is 0 Å². The van der Waals surface area contributed by atoms with E-state index in [0.29, 0.717) is 0 Å². The highest BCUT2D eigenvalue weighted by molar-refractivity contribution is 5.85. The van der Waals surface area contributed by atoms with E-state index in [1.54, 1.807) is 6.92 Å². The fourth-order valence-corrected chi connectivity index (χ4v) is 1.36. The van der Waals surface area contributed by atoms with E-state index in [0.717, 1.165) is 5.56 Å². The lowest BCUT2D eigenvalue weighted by Crippen LogP contribution is -2.42. The van der Waals surface area contributed by atoms with E-state index in [9.17, 15) is 9.59 Å². The SMILES string of the molecule is CCOC(=O)N[C@H](Cc1ccccc1)C(=O)O.Cl. The number of alkyl carbamates (subject to hydrolysis) is 1. The van der Waals surface area contributed by atoms with E-state index < -0.39 is 18.1 Å². The zero-order valence-electron chi connectivity index (χ0n) is 9.96. The second kappa shape index (κ2) is 8.36. The van der Waals surface area contributed by atoms with Gasteiger partial charge in [0, 0.05) is 6.42 Å². The molecule has 0 spiro atoms. The van der Waals surface area contributed by atoms with Crippen LogP contribution >= 0.6 is 12.4 Å². The molecule has 0 aromatic heterocycles. The van der Waals surface area contributed by atoms with Crippen molar-refractivity contribution in [2.24, 2.45) is 0 Å². The van der Waals surface area contributed by atoms with Crippen molar-refractivity contribution in [2.75, 3.05) is 6.61 Å². The molecule has 0 aliphatic rings. The predicted octanol–water partition coefficient (Wildman–Crippen LogP) is 1.85. The number of carboxylic acids is 1. The molecule has 0 unspecified atom stereocenters. The summed E-state index contributed by atoms with van der Waals surface area (Å²) in [6.45, 7) is 1.87. The summed E-state index contributed by atoms with van der Waals surface area (Å²) in [6.07, 6.45) is -0.481. The van der Waals surface area contributed by atoms with Crippen molar-refractivity contribution in [1.29, 1.82) is 0 Å². The smallest absolute Gasteiger partial charge is 0.407 e. The Morgan fingerprint density at radius 3 is 2.44 bits per heavy atom. The first-order valence-electron chi connectivity index (χ1n) is 5.33. The Hall–Kier alpha value is -1.75. The van der Waals surface area contributed by atoms with Crippen LogP contribution in [-0.4, -0.2) is 29.8 Å². The fraction of sp³-hybridized carbons (Fsp3) is 0.333. The average molecular weight is 274 g/mol. The maximum absolute atomic E-state index is 11.2. The monoisotopic (exact) mass is 273 g/mol. The normalized spacial score (nSPS) is 10.9. The number of aliphatic carboxylic acids is 1. The Labute approximate surface area is 112 Å². The van der Waals surface area contributed by atoms with Gasteiger partial charge in [0.05, 0.1) is 6.61 Å². The summed E-state index contributed by atoms with van der Waals surface area (Å²) in [4.78, 5) is 22.1. The van der Waals surface area contributed by atoms with Crippen LogP contribution in [0.3, 0.4) is 0 Å². The van der Waals surface area contributed by atoms with Gasteiger partial charge in [-0.05, 0) is 12.5 Å². The summed E-state index contributed by atoms with van der Waals surface area (Å²) in [5.74, 6) is -1.08. The minimum Gasteiger partial charge on any atom is -0.480 e. The van der Waals surface area contributed by atoms with Crippen LogP contribution in [-0.2, 0) is 16.0 Å².